The molecule has 0 spiro atoms. The molecule has 1 aliphatic carbocycles. The Morgan fingerprint density at radius 2 is 1.00 bits per heavy atom. The number of nitrogens with one attached hydrogen (secondary N) is 7. The van der Waals surface area contributed by atoms with E-state index in [9.17, 15) is 0 Å². The summed E-state index contributed by atoms with van der Waals surface area (Å²) in [7, 11) is 0. The Hall–Kier alpha value is -5.63. The second kappa shape index (κ2) is 22.5. The molecule has 65 heavy (non-hydrogen) atoms. The van der Waals surface area contributed by atoms with Gasteiger partial charge >= 0.3 is 0 Å². The average Bonchev–Trinajstić information content (AvgIpc) is 4.03. The summed E-state index contributed by atoms with van der Waals surface area (Å²) >= 11 is 0. The fourth-order valence-electron chi connectivity index (χ4n) is 8.75. The van der Waals surface area contributed by atoms with Crippen LogP contribution in [0.4, 0.5) is 28.4 Å². The number of fused-ring (bicyclic) bond motifs is 4. The standard InChI is InChI=1S/C15H22N2.C15H21N.C14H20N2.C13H19N3/c1-9(2)13-7-12(16-10(3)4)8-15-14(13)6-11(5)17-15;1-10(2)15-9-13(16-11(3)4)8-12-6-5-7-14(12)15;1-9(2)13-7-11(16-10(3)4)8-14-12(13)5-6-15-14;1-8(2)11-5-10(16-9(3)4)6-12-13(11)15-7-14-12/h7-10,16-17H,5-6H2,1-4H3;5-6,8-11,16H,7H2,1-4H3;5-10,15-16H,1-4H3;5-9,16H,1-4H3,(H,14,15). The number of nitrogens with zero attached hydrogens (tertiary/aromatic N) is 1. The van der Waals surface area contributed by atoms with Crippen LogP contribution < -0.4 is 26.6 Å². The molecule has 4 aromatic carbocycles. The van der Waals surface area contributed by atoms with E-state index in [2.05, 4.69) is 226 Å². The number of imidazole rings is 1. The third-order valence-electron chi connectivity index (χ3n) is 11.5. The van der Waals surface area contributed by atoms with E-state index in [1.54, 1.807) is 6.33 Å². The first-order valence-corrected chi connectivity index (χ1v) is 24.3. The van der Waals surface area contributed by atoms with Crippen LogP contribution in [0.2, 0.25) is 0 Å². The Balaban J connectivity index is 0.000000163. The quantitative estimate of drug-likeness (QED) is 0.0661. The summed E-state index contributed by atoms with van der Waals surface area (Å²) < 4.78 is 0. The molecule has 7 N–H and O–H groups in total. The molecule has 0 fully saturated rings. The minimum absolute atomic E-state index is 0.445. The second-order valence-corrected chi connectivity index (χ2v) is 20.4. The van der Waals surface area contributed by atoms with Crippen molar-refractivity contribution in [3.63, 3.8) is 0 Å². The van der Waals surface area contributed by atoms with Crippen LogP contribution >= 0.6 is 0 Å². The number of hydrogen-bond donors (Lipinski definition) is 7. The summed E-state index contributed by atoms with van der Waals surface area (Å²) in [6.45, 7) is 39.2. The van der Waals surface area contributed by atoms with Crippen molar-refractivity contribution in [3.8, 4) is 0 Å². The Bertz CT molecular complexity index is 2430. The summed E-state index contributed by atoms with van der Waals surface area (Å²) in [5.74, 6) is 2.18. The van der Waals surface area contributed by atoms with Crippen molar-refractivity contribution in [2.24, 2.45) is 0 Å². The number of aromatic nitrogens is 3. The van der Waals surface area contributed by atoms with Gasteiger partial charge < -0.3 is 36.6 Å². The minimum atomic E-state index is 0.445. The number of allylic oxidation sites excluding steroid dienone is 2. The summed E-state index contributed by atoms with van der Waals surface area (Å²) in [5.41, 5.74) is 20.5. The zero-order chi connectivity index (χ0) is 47.7. The Morgan fingerprint density at radius 3 is 1.54 bits per heavy atom. The predicted molar refractivity (Wildman–Crippen MR) is 288 cm³/mol. The third kappa shape index (κ3) is 13.7. The molecular formula is C57H82N8. The van der Waals surface area contributed by atoms with Crippen LogP contribution in [0.15, 0.2) is 85.5 Å². The molecule has 0 radical (unpaired) electrons. The van der Waals surface area contributed by atoms with Crippen molar-refractivity contribution in [1.82, 2.24) is 15.0 Å². The van der Waals surface area contributed by atoms with Gasteiger partial charge in [0.05, 0.1) is 17.4 Å². The summed E-state index contributed by atoms with van der Waals surface area (Å²) in [6.07, 6.45) is 10.3. The van der Waals surface area contributed by atoms with E-state index in [1.807, 2.05) is 6.20 Å². The van der Waals surface area contributed by atoms with Crippen molar-refractivity contribution in [2.75, 3.05) is 26.6 Å². The van der Waals surface area contributed by atoms with E-state index in [1.165, 1.54) is 72.6 Å². The highest BCUT2D eigenvalue weighted by atomic mass is 14.9. The van der Waals surface area contributed by atoms with Gasteiger partial charge in [0.1, 0.15) is 0 Å². The Morgan fingerprint density at radius 1 is 0.523 bits per heavy atom. The van der Waals surface area contributed by atoms with Crippen LogP contribution in [-0.4, -0.2) is 39.1 Å². The topological polar surface area (TPSA) is 105 Å². The molecule has 0 saturated carbocycles. The van der Waals surface area contributed by atoms with Gasteiger partial charge in [-0.25, -0.2) is 4.98 Å². The van der Waals surface area contributed by atoms with E-state index in [0.29, 0.717) is 47.8 Å². The lowest BCUT2D eigenvalue weighted by Gasteiger charge is -2.17. The average molecular weight is 879 g/mol. The molecule has 0 saturated heterocycles. The highest BCUT2D eigenvalue weighted by molar-refractivity contribution is 5.87. The summed E-state index contributed by atoms with van der Waals surface area (Å²) in [4.78, 5) is 10.8. The molecule has 8 nitrogen and oxygen atoms in total. The van der Waals surface area contributed by atoms with Gasteiger partial charge in [-0.05, 0) is 179 Å². The van der Waals surface area contributed by atoms with Crippen molar-refractivity contribution in [2.45, 2.75) is 171 Å². The van der Waals surface area contributed by atoms with Crippen LogP contribution in [0, 0.1) is 0 Å². The fraction of sp³-hybridized carbons (Fsp3) is 0.456. The number of H-pyrrole nitrogens is 2. The monoisotopic (exact) mass is 879 g/mol. The summed E-state index contributed by atoms with van der Waals surface area (Å²) in [6, 6.07) is 21.8. The Kier molecular flexibility index (Phi) is 17.4. The molecule has 0 bridgehead atoms. The predicted octanol–water partition coefficient (Wildman–Crippen LogP) is 15.9. The summed E-state index contributed by atoms with van der Waals surface area (Å²) in [5, 5.41) is 18.6. The zero-order valence-electron chi connectivity index (χ0n) is 42.7. The molecule has 1 aliphatic heterocycles. The molecule has 0 unspecified atom stereocenters. The van der Waals surface area contributed by atoms with Crippen LogP contribution in [-0.2, 0) is 12.8 Å². The molecular weight excluding hydrogens is 797 g/mol. The van der Waals surface area contributed by atoms with Crippen molar-refractivity contribution in [1.29, 1.82) is 0 Å². The molecule has 0 amide bonds. The maximum Gasteiger partial charge on any atom is 0.0932 e. The van der Waals surface area contributed by atoms with E-state index < -0.39 is 0 Å². The zero-order valence-corrected chi connectivity index (χ0v) is 42.7. The van der Waals surface area contributed by atoms with Gasteiger partial charge in [0, 0.05) is 81.8 Å². The van der Waals surface area contributed by atoms with Gasteiger partial charge in [-0.3, -0.25) is 0 Å². The Labute approximate surface area is 392 Å². The van der Waals surface area contributed by atoms with E-state index in [-0.39, 0.29) is 0 Å². The van der Waals surface area contributed by atoms with Gasteiger partial charge in [0.15, 0.2) is 0 Å². The lowest BCUT2D eigenvalue weighted by molar-refractivity contribution is 0.847. The molecule has 8 rings (SSSR count). The molecule has 3 heterocycles. The maximum absolute atomic E-state index is 4.38. The van der Waals surface area contributed by atoms with Gasteiger partial charge in [-0.2, -0.15) is 0 Å². The van der Waals surface area contributed by atoms with Crippen LogP contribution in [0.5, 0.6) is 0 Å². The van der Waals surface area contributed by atoms with Gasteiger partial charge in [-0.15, -0.1) is 0 Å². The smallest absolute Gasteiger partial charge is 0.0932 e. The van der Waals surface area contributed by atoms with Crippen molar-refractivity contribution in [3.05, 3.63) is 124 Å². The molecule has 8 heteroatoms. The number of aromatic amines is 2. The highest BCUT2D eigenvalue weighted by Crippen LogP contribution is 2.37. The number of rotatable bonds is 12. The molecule has 350 valence electrons. The van der Waals surface area contributed by atoms with Crippen LogP contribution in [0.3, 0.4) is 0 Å². The second-order valence-electron chi connectivity index (χ2n) is 20.4. The number of hydrogen-bond acceptors (Lipinski definition) is 6. The normalized spacial score (nSPS) is 12.8. The molecule has 6 aromatic rings. The minimum Gasteiger partial charge on any atom is -0.383 e. The molecule has 2 aromatic heterocycles. The van der Waals surface area contributed by atoms with Gasteiger partial charge in [-0.1, -0.05) is 74.1 Å². The highest BCUT2D eigenvalue weighted by Gasteiger charge is 2.20. The first-order valence-electron chi connectivity index (χ1n) is 24.3. The van der Waals surface area contributed by atoms with Gasteiger partial charge in [0.25, 0.3) is 0 Å². The molecule has 2 aliphatic rings. The van der Waals surface area contributed by atoms with Crippen LogP contribution in [0.1, 0.15) is 173 Å². The third-order valence-corrected chi connectivity index (χ3v) is 11.5. The van der Waals surface area contributed by atoms with E-state index >= 15 is 0 Å². The van der Waals surface area contributed by atoms with Crippen molar-refractivity contribution < 1.29 is 0 Å². The number of anilines is 5. The van der Waals surface area contributed by atoms with E-state index in [4.69, 9.17) is 0 Å². The number of benzene rings is 4. The fourth-order valence-corrected chi connectivity index (χ4v) is 8.75. The maximum atomic E-state index is 4.38. The first-order chi connectivity index (χ1) is 30.7. The van der Waals surface area contributed by atoms with Crippen molar-refractivity contribution >= 4 is 56.4 Å². The van der Waals surface area contributed by atoms with E-state index in [0.717, 1.165) is 35.3 Å². The first kappa shape index (κ1) is 50.4. The lowest BCUT2D eigenvalue weighted by Crippen LogP contribution is -2.10. The largest absolute Gasteiger partial charge is 0.383 e. The van der Waals surface area contributed by atoms with Gasteiger partial charge in [0.2, 0.25) is 0 Å². The lowest BCUT2D eigenvalue weighted by atomic mass is 9.93. The van der Waals surface area contributed by atoms with Crippen LogP contribution in [0.25, 0.3) is 28.0 Å². The molecule has 0 atom stereocenters. The SMILES string of the molecule is C=C1Cc2c(cc(NC(C)C)cc2C(C)C)N1.CC(C)Nc1cc(C(C)C)c2cc[nH]c2c1.CC(C)Nc1cc(C(C)C)c2nc[nH]c2c1.CC(C)Nc1cc2c(c(C(C)C)c1)CC=C2.